The van der Waals surface area contributed by atoms with Crippen molar-refractivity contribution in [2.24, 2.45) is 0 Å². The molecule has 1 aliphatic rings. The minimum atomic E-state index is -0.354. The first kappa shape index (κ1) is 21.5. The van der Waals surface area contributed by atoms with Crippen LogP contribution >= 0.6 is 0 Å². The number of ether oxygens (including phenoxy) is 3. The first-order chi connectivity index (χ1) is 16.1. The minimum absolute atomic E-state index is 0.325. The van der Waals surface area contributed by atoms with E-state index in [2.05, 4.69) is 19.9 Å². The van der Waals surface area contributed by atoms with Gasteiger partial charge in [0.05, 0.1) is 41.2 Å². The fourth-order valence-corrected chi connectivity index (χ4v) is 4.40. The van der Waals surface area contributed by atoms with Crippen LogP contribution in [-0.4, -0.2) is 53.2 Å². The molecular weight excluding hydrogens is 423 g/mol. The molecule has 5 rings (SSSR count). The summed E-state index contributed by atoms with van der Waals surface area (Å²) in [4.78, 5) is 14.3. The maximum Gasteiger partial charge on any atom is 0.230 e. The molecule has 0 atom stereocenters. The third-order valence-corrected chi connectivity index (χ3v) is 6.06. The summed E-state index contributed by atoms with van der Waals surface area (Å²) in [5.74, 6) is 1.58. The lowest BCUT2D eigenvalue weighted by Crippen LogP contribution is -2.21. The van der Waals surface area contributed by atoms with Gasteiger partial charge < -0.3 is 24.1 Å². The molecule has 1 fully saturated rings. The van der Waals surface area contributed by atoms with Gasteiger partial charge >= 0.3 is 0 Å². The number of fused-ring (bicyclic) bond motifs is 2. The largest absolute Gasteiger partial charge is 0.493 e. The van der Waals surface area contributed by atoms with Gasteiger partial charge in [0.1, 0.15) is 12.1 Å². The Morgan fingerprint density at radius 2 is 1.97 bits per heavy atom. The number of nitrogens with zero attached hydrogens (tertiary/aromatic N) is 3. The highest BCUT2D eigenvalue weighted by Gasteiger charge is 2.18. The number of aryl methyl sites for hydroxylation is 1. The lowest BCUT2D eigenvalue weighted by Gasteiger charge is -2.16. The molecular formula is C25H27FN4O3. The van der Waals surface area contributed by atoms with Gasteiger partial charge in [-0.3, -0.25) is 0 Å². The van der Waals surface area contributed by atoms with Crippen LogP contribution in [0.4, 0.5) is 4.39 Å². The van der Waals surface area contributed by atoms with E-state index in [4.69, 9.17) is 14.2 Å². The molecule has 1 saturated heterocycles. The van der Waals surface area contributed by atoms with Crippen LogP contribution in [-0.2, 0) is 0 Å². The maximum atomic E-state index is 14.5. The molecule has 2 aromatic heterocycles. The fourth-order valence-electron chi connectivity index (χ4n) is 4.40. The summed E-state index contributed by atoms with van der Waals surface area (Å²) >= 11 is 0. The predicted molar refractivity (Wildman–Crippen MR) is 125 cm³/mol. The second kappa shape index (κ2) is 9.23. The number of aromatic amines is 1. The van der Waals surface area contributed by atoms with Gasteiger partial charge in [0.25, 0.3) is 0 Å². The molecule has 4 aromatic rings. The third-order valence-electron chi connectivity index (χ3n) is 6.06. The molecule has 3 heterocycles. The molecule has 2 aromatic carbocycles. The number of rotatable bonds is 8. The topological polar surface area (TPSA) is 72.5 Å². The van der Waals surface area contributed by atoms with Crippen molar-refractivity contribution < 1.29 is 18.6 Å². The van der Waals surface area contributed by atoms with Crippen molar-refractivity contribution in [3.8, 4) is 23.1 Å². The van der Waals surface area contributed by atoms with Gasteiger partial charge in [-0.05, 0) is 57.5 Å². The van der Waals surface area contributed by atoms with Gasteiger partial charge in [-0.1, -0.05) is 6.07 Å². The van der Waals surface area contributed by atoms with Crippen molar-refractivity contribution in [3.05, 3.63) is 48.2 Å². The standard InChI is InChI=1S/C25H27FN4O3/c1-16-24(23-18(26)7-5-8-19(23)29-16)33-25-17-13-21(31-2)22(14-20(17)27-15-28-25)32-12-6-11-30-9-3-4-10-30/h5,7-8,13-15,29H,3-4,6,9-12H2,1-2H3. The molecule has 0 unspecified atom stereocenters. The van der Waals surface area contributed by atoms with E-state index in [1.54, 1.807) is 19.2 Å². The van der Waals surface area contributed by atoms with Crippen molar-refractivity contribution >= 4 is 21.8 Å². The van der Waals surface area contributed by atoms with E-state index < -0.39 is 0 Å². The van der Waals surface area contributed by atoms with Gasteiger partial charge in [0.15, 0.2) is 17.2 Å². The summed E-state index contributed by atoms with van der Waals surface area (Å²) in [6.07, 6.45) is 4.95. The Morgan fingerprint density at radius 1 is 1.12 bits per heavy atom. The Kier molecular flexibility index (Phi) is 6.00. The Labute approximate surface area is 191 Å². The molecule has 33 heavy (non-hydrogen) atoms. The van der Waals surface area contributed by atoms with Gasteiger partial charge in [-0.2, -0.15) is 0 Å². The Morgan fingerprint density at radius 3 is 2.79 bits per heavy atom. The number of likely N-dealkylation sites (tertiary alicyclic amines) is 1. The molecule has 1 N–H and O–H groups in total. The fraction of sp³-hybridized carbons (Fsp3) is 0.360. The molecule has 0 bridgehead atoms. The Bertz CT molecular complexity index is 1280. The second-order valence-electron chi connectivity index (χ2n) is 8.29. The van der Waals surface area contributed by atoms with E-state index in [1.165, 1.54) is 38.3 Å². The predicted octanol–water partition coefficient (Wildman–Crippen LogP) is 5.22. The van der Waals surface area contributed by atoms with Gasteiger partial charge in [-0.15, -0.1) is 0 Å². The van der Waals surface area contributed by atoms with Crippen molar-refractivity contribution in [3.63, 3.8) is 0 Å². The zero-order valence-corrected chi connectivity index (χ0v) is 18.9. The normalized spacial score (nSPS) is 14.3. The van der Waals surface area contributed by atoms with Crippen molar-refractivity contribution in [2.45, 2.75) is 26.2 Å². The van der Waals surface area contributed by atoms with Crippen LogP contribution in [0, 0.1) is 12.7 Å². The summed E-state index contributed by atoms with van der Waals surface area (Å²) < 4.78 is 32.3. The molecule has 0 spiro atoms. The quantitative estimate of drug-likeness (QED) is 0.371. The number of benzene rings is 2. The van der Waals surface area contributed by atoms with E-state index in [0.29, 0.717) is 57.2 Å². The zero-order valence-electron chi connectivity index (χ0n) is 18.9. The highest BCUT2D eigenvalue weighted by Crippen LogP contribution is 2.39. The summed E-state index contributed by atoms with van der Waals surface area (Å²) in [5.41, 5.74) is 2.04. The number of nitrogens with one attached hydrogen (secondary N) is 1. The molecule has 172 valence electrons. The number of H-pyrrole nitrogens is 1. The monoisotopic (exact) mass is 450 g/mol. The smallest absolute Gasteiger partial charge is 0.230 e. The molecule has 0 radical (unpaired) electrons. The van der Waals surface area contributed by atoms with E-state index in [0.717, 1.165) is 13.0 Å². The first-order valence-electron chi connectivity index (χ1n) is 11.3. The van der Waals surface area contributed by atoms with E-state index >= 15 is 0 Å². The molecule has 7 nitrogen and oxygen atoms in total. The Balaban J connectivity index is 1.41. The van der Waals surface area contributed by atoms with Crippen LogP contribution in [0.1, 0.15) is 25.0 Å². The summed E-state index contributed by atoms with van der Waals surface area (Å²) in [5, 5.41) is 1.05. The van der Waals surface area contributed by atoms with Gasteiger partial charge in [0, 0.05) is 12.6 Å². The van der Waals surface area contributed by atoms with Crippen LogP contribution in [0.25, 0.3) is 21.8 Å². The highest BCUT2D eigenvalue weighted by molar-refractivity contribution is 5.90. The average molecular weight is 451 g/mol. The average Bonchev–Trinajstić information content (AvgIpc) is 3.45. The lowest BCUT2D eigenvalue weighted by molar-refractivity contribution is 0.254. The molecule has 0 saturated carbocycles. The van der Waals surface area contributed by atoms with Crippen LogP contribution in [0.3, 0.4) is 0 Å². The number of hydrogen-bond acceptors (Lipinski definition) is 6. The number of methoxy groups -OCH3 is 1. The number of halogens is 1. The minimum Gasteiger partial charge on any atom is -0.493 e. The Hall–Kier alpha value is -3.39. The van der Waals surface area contributed by atoms with E-state index in [9.17, 15) is 4.39 Å². The van der Waals surface area contributed by atoms with E-state index in [-0.39, 0.29) is 5.82 Å². The zero-order chi connectivity index (χ0) is 22.8. The highest BCUT2D eigenvalue weighted by atomic mass is 19.1. The molecule has 1 aliphatic heterocycles. The summed E-state index contributed by atoms with van der Waals surface area (Å²) in [6, 6.07) is 8.53. The lowest BCUT2D eigenvalue weighted by atomic mass is 10.2. The molecule has 8 heteroatoms. The first-order valence-corrected chi connectivity index (χ1v) is 11.3. The maximum absolute atomic E-state index is 14.5. The van der Waals surface area contributed by atoms with Crippen molar-refractivity contribution in [1.29, 1.82) is 0 Å². The number of hydrogen-bond donors (Lipinski definition) is 1. The van der Waals surface area contributed by atoms with Crippen LogP contribution < -0.4 is 14.2 Å². The summed E-state index contributed by atoms with van der Waals surface area (Å²) in [6.45, 7) is 5.83. The van der Waals surface area contributed by atoms with Crippen molar-refractivity contribution in [2.75, 3.05) is 33.4 Å². The van der Waals surface area contributed by atoms with Crippen LogP contribution in [0.15, 0.2) is 36.7 Å². The summed E-state index contributed by atoms with van der Waals surface area (Å²) in [7, 11) is 1.60. The molecule has 0 aliphatic carbocycles. The van der Waals surface area contributed by atoms with Gasteiger partial charge in [-0.25, -0.2) is 14.4 Å². The molecule has 0 amide bonds. The van der Waals surface area contributed by atoms with Gasteiger partial charge in [0.2, 0.25) is 5.88 Å². The van der Waals surface area contributed by atoms with Crippen LogP contribution in [0.5, 0.6) is 23.1 Å². The second-order valence-corrected chi connectivity index (χ2v) is 8.29. The van der Waals surface area contributed by atoms with Crippen LogP contribution in [0.2, 0.25) is 0 Å². The third kappa shape index (κ3) is 4.30. The van der Waals surface area contributed by atoms with Crippen molar-refractivity contribution in [1.82, 2.24) is 19.9 Å². The number of aromatic nitrogens is 3. The van der Waals surface area contributed by atoms with E-state index in [1.807, 2.05) is 19.1 Å². The SMILES string of the molecule is COc1cc2c(Oc3c(C)[nH]c4cccc(F)c34)ncnc2cc1OCCCN1CCCC1.